The van der Waals surface area contributed by atoms with Crippen molar-refractivity contribution in [2.75, 3.05) is 5.73 Å². The number of rotatable bonds is 3. The van der Waals surface area contributed by atoms with Gasteiger partial charge in [-0.15, -0.1) is 26.6 Å². The van der Waals surface area contributed by atoms with Crippen LogP contribution in [0.5, 0.6) is 0 Å². The minimum absolute atomic E-state index is 0.200. The fourth-order valence-corrected chi connectivity index (χ4v) is 4.28. The second kappa shape index (κ2) is 6.66. The van der Waals surface area contributed by atoms with Crippen molar-refractivity contribution in [2.45, 2.75) is 0 Å². The molecule has 0 aliphatic carbocycles. The summed E-state index contributed by atoms with van der Waals surface area (Å²) >= 11 is 6.38. The lowest BCUT2D eigenvalue weighted by molar-refractivity contribution is 0.553. The van der Waals surface area contributed by atoms with E-state index in [9.17, 15) is 0 Å². The normalized spacial score (nSPS) is 11.1. The Kier molecular flexibility index (Phi) is 4.00. The second-order valence-electron chi connectivity index (χ2n) is 6.10. The van der Waals surface area contributed by atoms with E-state index in [4.69, 9.17) is 22.4 Å². The van der Waals surface area contributed by atoms with Gasteiger partial charge in [-0.25, -0.2) is 5.10 Å². The van der Waals surface area contributed by atoms with E-state index < -0.39 is 0 Å². The van der Waals surface area contributed by atoms with Crippen LogP contribution in [0.1, 0.15) is 0 Å². The Labute approximate surface area is 168 Å². The molecule has 8 heteroatoms. The number of nitrogens with two attached hydrogens (primary N) is 1. The number of hydrogen-bond acceptors (Lipinski definition) is 7. The smallest absolute Gasteiger partial charge is 0.284 e. The summed E-state index contributed by atoms with van der Waals surface area (Å²) in [5.74, 6) is 0.353. The summed E-state index contributed by atoms with van der Waals surface area (Å²) in [6, 6.07) is 20.0. The molecule has 0 unspecified atom stereocenters. The number of aromatic nitrogens is 4. The first-order chi connectivity index (χ1) is 13.7. The van der Waals surface area contributed by atoms with Crippen LogP contribution in [-0.4, -0.2) is 20.4 Å². The average molecular weight is 403 g/mol. The van der Waals surface area contributed by atoms with E-state index in [0.717, 1.165) is 32.6 Å². The van der Waals surface area contributed by atoms with Crippen molar-refractivity contribution >= 4 is 39.5 Å². The van der Waals surface area contributed by atoms with Crippen LogP contribution in [0.3, 0.4) is 0 Å². The first-order valence-electron chi connectivity index (χ1n) is 8.48. The summed E-state index contributed by atoms with van der Waals surface area (Å²) in [7, 11) is 0. The highest BCUT2D eigenvalue weighted by Crippen LogP contribution is 2.45. The quantitative estimate of drug-likeness (QED) is 0.396. The maximum Gasteiger partial charge on any atom is 0.284 e. The number of thiophene rings is 1. The van der Waals surface area contributed by atoms with E-state index in [1.165, 1.54) is 11.3 Å². The molecule has 0 saturated heterocycles. The van der Waals surface area contributed by atoms with Gasteiger partial charge in [-0.1, -0.05) is 60.7 Å². The Hall–Kier alpha value is -3.36. The predicted molar refractivity (Wildman–Crippen MR) is 113 cm³/mol. The Bertz CT molecular complexity index is 1340. The molecule has 5 rings (SSSR count). The summed E-state index contributed by atoms with van der Waals surface area (Å²) in [5.41, 5.74) is 10.8. The molecule has 0 radical (unpaired) electrons. The zero-order valence-corrected chi connectivity index (χ0v) is 16.1. The van der Waals surface area contributed by atoms with Crippen LogP contribution >= 0.6 is 23.6 Å². The van der Waals surface area contributed by atoms with Crippen molar-refractivity contribution in [1.82, 2.24) is 20.4 Å². The number of anilines is 1. The lowest BCUT2D eigenvalue weighted by Crippen LogP contribution is -1.95. The molecule has 28 heavy (non-hydrogen) atoms. The van der Waals surface area contributed by atoms with Crippen molar-refractivity contribution in [3.63, 3.8) is 0 Å². The van der Waals surface area contributed by atoms with E-state index in [0.29, 0.717) is 16.5 Å². The first-order valence-corrected chi connectivity index (χ1v) is 9.70. The number of hydrogen-bond donors (Lipinski definition) is 2. The number of H-pyrrole nitrogens is 1. The van der Waals surface area contributed by atoms with E-state index in [2.05, 4.69) is 20.4 Å². The van der Waals surface area contributed by atoms with Gasteiger partial charge in [0.2, 0.25) is 0 Å². The third-order valence-corrected chi connectivity index (χ3v) is 5.65. The van der Waals surface area contributed by atoms with Crippen molar-refractivity contribution in [3.05, 3.63) is 65.5 Å². The van der Waals surface area contributed by atoms with Crippen LogP contribution in [0.2, 0.25) is 0 Å². The maximum atomic E-state index is 6.56. The van der Waals surface area contributed by atoms with Gasteiger partial charge in [-0.2, -0.15) is 0 Å². The molecule has 0 spiro atoms. The molecule has 5 aromatic rings. The number of nitrogens with zero attached hydrogens (tertiary/aromatic N) is 3. The predicted octanol–water partition coefficient (Wildman–Crippen LogP) is 5.32. The van der Waals surface area contributed by atoms with Crippen LogP contribution < -0.4 is 5.73 Å². The van der Waals surface area contributed by atoms with Crippen molar-refractivity contribution in [1.29, 1.82) is 0 Å². The van der Waals surface area contributed by atoms with Gasteiger partial charge in [0, 0.05) is 16.5 Å². The van der Waals surface area contributed by atoms with Crippen LogP contribution in [0.25, 0.3) is 43.4 Å². The maximum absolute atomic E-state index is 6.56. The molecular formula is C20H13N5OS2. The molecule has 6 nitrogen and oxygen atoms in total. The van der Waals surface area contributed by atoms with Crippen LogP contribution in [0.15, 0.2) is 65.1 Å². The summed E-state index contributed by atoms with van der Waals surface area (Å²) in [5, 5.41) is 16.6. The highest BCUT2D eigenvalue weighted by Gasteiger charge is 2.23. The van der Waals surface area contributed by atoms with Crippen molar-refractivity contribution in [2.24, 2.45) is 0 Å². The molecule has 2 aromatic carbocycles. The molecule has 3 heterocycles. The monoisotopic (exact) mass is 403 g/mol. The fraction of sp³-hybridized carbons (Fsp3) is 0. The standard InChI is InChI=1S/C20H13N5OS2/c21-15-14-13(11-7-3-1-4-8-11)16(12-9-5-2-6-10-12)22-24-19(14)28-17(15)18-23-25-20(27)26-18/h1-10H,21H2,(H,25,27). The highest BCUT2D eigenvalue weighted by atomic mass is 32.1. The molecule has 0 atom stereocenters. The summed E-state index contributed by atoms with van der Waals surface area (Å²) in [6.45, 7) is 0. The average Bonchev–Trinajstić information content (AvgIpc) is 3.32. The topological polar surface area (TPSA) is 93.6 Å². The highest BCUT2D eigenvalue weighted by molar-refractivity contribution is 7.71. The van der Waals surface area contributed by atoms with Gasteiger partial charge < -0.3 is 10.2 Å². The molecule has 0 bridgehead atoms. The van der Waals surface area contributed by atoms with Gasteiger partial charge in [-0.05, 0) is 17.8 Å². The largest absolute Gasteiger partial charge is 0.408 e. The molecule has 3 N–H and O–H groups in total. The molecule has 0 aliphatic heterocycles. The summed E-state index contributed by atoms with van der Waals surface area (Å²) < 4.78 is 5.47. The number of benzene rings is 2. The minimum atomic E-state index is 0.200. The summed E-state index contributed by atoms with van der Waals surface area (Å²) in [6.07, 6.45) is 0. The Morgan fingerprint density at radius 1 is 0.929 bits per heavy atom. The van der Waals surface area contributed by atoms with Crippen molar-refractivity contribution in [3.8, 4) is 33.2 Å². The number of nitrogen functional groups attached to an aromatic ring is 1. The van der Waals surface area contributed by atoms with Crippen LogP contribution in [-0.2, 0) is 0 Å². The number of fused-ring (bicyclic) bond motifs is 1. The van der Waals surface area contributed by atoms with Gasteiger partial charge in [0.15, 0.2) is 0 Å². The SMILES string of the molecule is Nc1c(-c2n[nH]c(=S)o2)sc2nnc(-c3ccccc3)c(-c3ccccc3)c12. The third-order valence-electron chi connectivity index (χ3n) is 4.40. The molecule has 0 fully saturated rings. The molecule has 0 aliphatic rings. The van der Waals surface area contributed by atoms with Gasteiger partial charge in [0.1, 0.15) is 15.4 Å². The van der Waals surface area contributed by atoms with E-state index >= 15 is 0 Å². The molecule has 0 amide bonds. The van der Waals surface area contributed by atoms with Crippen molar-refractivity contribution < 1.29 is 4.42 Å². The fourth-order valence-electron chi connectivity index (χ4n) is 3.18. The van der Waals surface area contributed by atoms with E-state index in [1.807, 2.05) is 60.7 Å². The Balaban J connectivity index is 1.87. The number of aromatic amines is 1. The van der Waals surface area contributed by atoms with Gasteiger partial charge >= 0.3 is 0 Å². The second-order valence-corrected chi connectivity index (χ2v) is 7.47. The Morgan fingerprint density at radius 3 is 2.25 bits per heavy atom. The first kappa shape index (κ1) is 16.8. The van der Waals surface area contributed by atoms with Gasteiger partial charge in [0.05, 0.1) is 5.69 Å². The lowest BCUT2D eigenvalue weighted by atomic mass is 9.96. The molecule has 3 aromatic heterocycles. The number of nitrogens with one attached hydrogen (secondary N) is 1. The van der Waals surface area contributed by atoms with E-state index in [-0.39, 0.29) is 4.84 Å². The summed E-state index contributed by atoms with van der Waals surface area (Å²) in [4.78, 5) is 1.60. The van der Waals surface area contributed by atoms with Gasteiger partial charge in [-0.3, -0.25) is 0 Å². The molecule has 0 saturated carbocycles. The molecule has 136 valence electrons. The zero-order valence-electron chi connectivity index (χ0n) is 14.4. The van der Waals surface area contributed by atoms with Crippen LogP contribution in [0, 0.1) is 4.84 Å². The van der Waals surface area contributed by atoms with Crippen LogP contribution in [0.4, 0.5) is 5.69 Å². The minimum Gasteiger partial charge on any atom is -0.408 e. The Morgan fingerprint density at radius 2 is 1.61 bits per heavy atom. The van der Waals surface area contributed by atoms with Gasteiger partial charge in [0.25, 0.3) is 10.7 Å². The lowest BCUT2D eigenvalue weighted by Gasteiger charge is -2.10. The zero-order chi connectivity index (χ0) is 19.1. The molecular weight excluding hydrogens is 390 g/mol. The van der Waals surface area contributed by atoms with E-state index in [1.54, 1.807) is 0 Å². The third kappa shape index (κ3) is 2.70.